The summed E-state index contributed by atoms with van der Waals surface area (Å²) in [5.41, 5.74) is 4.80. The Hall–Kier alpha value is -3.78. The first-order valence-corrected chi connectivity index (χ1v) is 10.4. The largest absolute Gasteiger partial charge is 0.497 e. The topological polar surface area (TPSA) is 85.6 Å². The molecule has 1 N–H and O–H groups in total. The van der Waals surface area contributed by atoms with Gasteiger partial charge < -0.3 is 4.74 Å². The second-order valence-electron chi connectivity index (χ2n) is 6.83. The van der Waals surface area contributed by atoms with Crippen molar-refractivity contribution in [2.75, 3.05) is 7.11 Å². The summed E-state index contributed by atoms with van der Waals surface area (Å²) >= 11 is 1.47. The fraction of sp³-hybridized carbons (Fsp3) is 0.130. The Labute approximate surface area is 182 Å². The molecule has 0 spiro atoms. The quantitative estimate of drug-likeness (QED) is 0.373. The van der Waals surface area contributed by atoms with E-state index in [1.807, 2.05) is 55.5 Å². The third-order valence-corrected chi connectivity index (χ3v) is 5.74. The molecule has 7 nitrogen and oxygen atoms in total. The molecule has 0 aliphatic carbocycles. The molecule has 8 heteroatoms. The van der Waals surface area contributed by atoms with Crippen molar-refractivity contribution in [2.45, 2.75) is 13.5 Å². The summed E-state index contributed by atoms with van der Waals surface area (Å²) in [6.45, 7) is 1.79. The van der Waals surface area contributed by atoms with Gasteiger partial charge in [-0.05, 0) is 30.2 Å². The molecule has 0 bridgehead atoms. The summed E-state index contributed by atoms with van der Waals surface area (Å²) in [7, 11) is 1.58. The highest BCUT2D eigenvalue weighted by atomic mass is 32.1. The van der Waals surface area contributed by atoms with E-state index in [9.17, 15) is 9.59 Å². The number of aromatic nitrogens is 2. The molecule has 0 fully saturated rings. The van der Waals surface area contributed by atoms with Crippen molar-refractivity contribution in [1.82, 2.24) is 15.0 Å². The third-order valence-electron chi connectivity index (χ3n) is 4.73. The summed E-state index contributed by atoms with van der Waals surface area (Å²) in [6, 6.07) is 17.0. The van der Waals surface area contributed by atoms with Gasteiger partial charge in [0.2, 0.25) is 0 Å². The van der Waals surface area contributed by atoms with E-state index < -0.39 is 5.91 Å². The number of benzene rings is 2. The molecular formula is C23H20N4O3S. The number of nitrogens with one attached hydrogen (secondary N) is 1. The number of carbonyl (C=O) groups excluding carboxylic acids is 1. The molecule has 0 aliphatic heterocycles. The van der Waals surface area contributed by atoms with Crippen LogP contribution in [0.2, 0.25) is 0 Å². The van der Waals surface area contributed by atoms with E-state index in [-0.39, 0.29) is 12.1 Å². The fourth-order valence-corrected chi connectivity index (χ4v) is 4.30. The molecule has 1 amide bonds. The van der Waals surface area contributed by atoms with Crippen LogP contribution < -0.4 is 15.7 Å². The number of amides is 1. The monoisotopic (exact) mass is 432 g/mol. The molecule has 0 saturated carbocycles. The number of hydrogen-bond acceptors (Lipinski definition) is 6. The summed E-state index contributed by atoms with van der Waals surface area (Å²) in [5.74, 6) is 0.275. The lowest BCUT2D eigenvalue weighted by Crippen LogP contribution is -2.30. The van der Waals surface area contributed by atoms with E-state index in [4.69, 9.17) is 4.74 Å². The molecule has 2 aromatic carbocycles. The molecule has 2 heterocycles. The van der Waals surface area contributed by atoms with Gasteiger partial charge in [-0.15, -0.1) is 11.3 Å². The second-order valence-corrected chi connectivity index (χ2v) is 8.03. The van der Waals surface area contributed by atoms with Gasteiger partial charge in [0.25, 0.3) is 11.5 Å². The first-order valence-electron chi connectivity index (χ1n) is 9.56. The van der Waals surface area contributed by atoms with Gasteiger partial charge in [-0.2, -0.15) is 5.10 Å². The van der Waals surface area contributed by atoms with Crippen LogP contribution in [-0.4, -0.2) is 28.8 Å². The van der Waals surface area contributed by atoms with Crippen molar-refractivity contribution in [3.05, 3.63) is 81.7 Å². The van der Waals surface area contributed by atoms with Gasteiger partial charge in [0.15, 0.2) is 0 Å². The molecule has 0 saturated heterocycles. The van der Waals surface area contributed by atoms with Gasteiger partial charge in [-0.25, -0.2) is 10.4 Å². The number of fused-ring (bicyclic) bond motifs is 1. The van der Waals surface area contributed by atoms with Gasteiger partial charge in [-0.3, -0.25) is 14.2 Å². The van der Waals surface area contributed by atoms with Gasteiger partial charge in [0, 0.05) is 10.4 Å². The standard InChI is InChI=1S/C23H20N4O3S/c1-15-20(17-8-4-3-5-9-17)21-22(31-15)24-14-27(23(21)29)13-19(28)26-25-12-16-7-6-10-18(11-16)30-2/h3-12,14H,13H2,1-2H3,(H,26,28). The Morgan fingerprint density at radius 3 is 2.81 bits per heavy atom. The smallest absolute Gasteiger partial charge is 0.263 e. The van der Waals surface area contributed by atoms with Crippen LogP contribution in [0.4, 0.5) is 0 Å². The van der Waals surface area contributed by atoms with E-state index >= 15 is 0 Å². The zero-order valence-corrected chi connectivity index (χ0v) is 17.8. The van der Waals surface area contributed by atoms with Gasteiger partial charge >= 0.3 is 0 Å². The van der Waals surface area contributed by atoms with Crippen LogP contribution in [0.5, 0.6) is 5.75 Å². The first-order chi connectivity index (χ1) is 15.1. The van der Waals surface area contributed by atoms with Crippen molar-refractivity contribution in [3.63, 3.8) is 0 Å². The minimum absolute atomic E-state index is 0.180. The molecule has 31 heavy (non-hydrogen) atoms. The van der Waals surface area contributed by atoms with Crippen molar-refractivity contribution in [1.29, 1.82) is 0 Å². The Morgan fingerprint density at radius 2 is 2.03 bits per heavy atom. The SMILES string of the molecule is COc1cccc(C=NNC(=O)Cn2cnc3sc(C)c(-c4ccccc4)c3c2=O)c1. The van der Waals surface area contributed by atoms with Crippen LogP contribution in [0.15, 0.2) is 70.8 Å². The van der Waals surface area contributed by atoms with E-state index in [1.165, 1.54) is 28.4 Å². The molecule has 4 rings (SSSR count). The lowest BCUT2D eigenvalue weighted by Gasteiger charge is -2.06. The van der Waals surface area contributed by atoms with Crippen LogP contribution in [0.3, 0.4) is 0 Å². The van der Waals surface area contributed by atoms with E-state index in [0.717, 1.165) is 21.6 Å². The number of hydrogen-bond donors (Lipinski definition) is 1. The van der Waals surface area contributed by atoms with Gasteiger partial charge in [-0.1, -0.05) is 42.5 Å². The molecule has 4 aromatic rings. The number of rotatable bonds is 6. The van der Waals surface area contributed by atoms with E-state index in [0.29, 0.717) is 16.0 Å². The number of methoxy groups -OCH3 is 1. The molecule has 2 aromatic heterocycles. The highest BCUT2D eigenvalue weighted by Crippen LogP contribution is 2.35. The number of hydrazone groups is 1. The zero-order valence-electron chi connectivity index (χ0n) is 17.0. The van der Waals surface area contributed by atoms with Gasteiger partial charge in [0.05, 0.1) is 25.0 Å². The van der Waals surface area contributed by atoms with E-state index in [1.54, 1.807) is 13.2 Å². The number of aryl methyl sites for hydroxylation is 1. The Morgan fingerprint density at radius 1 is 1.23 bits per heavy atom. The van der Waals surface area contributed by atoms with Crippen molar-refractivity contribution < 1.29 is 9.53 Å². The van der Waals surface area contributed by atoms with Crippen LogP contribution in [-0.2, 0) is 11.3 Å². The average molecular weight is 433 g/mol. The maximum atomic E-state index is 13.1. The molecule has 0 unspecified atom stereocenters. The number of ether oxygens (including phenoxy) is 1. The highest BCUT2D eigenvalue weighted by Gasteiger charge is 2.17. The summed E-state index contributed by atoms with van der Waals surface area (Å²) in [4.78, 5) is 31.5. The van der Waals surface area contributed by atoms with Crippen LogP contribution >= 0.6 is 11.3 Å². The molecule has 0 atom stereocenters. The lowest BCUT2D eigenvalue weighted by atomic mass is 10.0. The summed E-state index contributed by atoms with van der Waals surface area (Å²) in [6.07, 6.45) is 2.92. The lowest BCUT2D eigenvalue weighted by molar-refractivity contribution is -0.121. The van der Waals surface area contributed by atoms with E-state index in [2.05, 4.69) is 15.5 Å². The molecule has 0 aliphatic rings. The van der Waals surface area contributed by atoms with Gasteiger partial charge in [0.1, 0.15) is 17.1 Å². The maximum absolute atomic E-state index is 13.1. The minimum Gasteiger partial charge on any atom is -0.497 e. The van der Waals surface area contributed by atoms with Crippen molar-refractivity contribution >= 4 is 33.7 Å². The summed E-state index contributed by atoms with van der Waals surface area (Å²) < 4.78 is 6.46. The zero-order chi connectivity index (χ0) is 21.8. The predicted molar refractivity (Wildman–Crippen MR) is 123 cm³/mol. The molecule has 0 radical (unpaired) electrons. The molecular weight excluding hydrogens is 412 g/mol. The van der Waals surface area contributed by atoms with Crippen LogP contribution in [0, 0.1) is 6.92 Å². The second kappa shape index (κ2) is 8.93. The summed E-state index contributed by atoms with van der Waals surface area (Å²) in [5, 5.41) is 4.49. The Balaban J connectivity index is 1.56. The maximum Gasteiger partial charge on any atom is 0.263 e. The van der Waals surface area contributed by atoms with Crippen LogP contribution in [0.25, 0.3) is 21.3 Å². The number of carbonyl (C=O) groups is 1. The average Bonchev–Trinajstić information content (AvgIpc) is 3.13. The number of thiophene rings is 1. The Kier molecular flexibility index (Phi) is 5.90. The van der Waals surface area contributed by atoms with Crippen molar-refractivity contribution in [2.24, 2.45) is 5.10 Å². The highest BCUT2D eigenvalue weighted by molar-refractivity contribution is 7.19. The normalized spacial score (nSPS) is 11.2. The number of nitrogens with zero attached hydrogens (tertiary/aromatic N) is 3. The third kappa shape index (κ3) is 4.39. The predicted octanol–water partition coefficient (Wildman–Crippen LogP) is 3.59. The Bertz CT molecular complexity index is 1330. The van der Waals surface area contributed by atoms with Crippen molar-refractivity contribution in [3.8, 4) is 16.9 Å². The van der Waals surface area contributed by atoms with Crippen LogP contribution in [0.1, 0.15) is 10.4 Å². The fourth-order valence-electron chi connectivity index (χ4n) is 3.29. The minimum atomic E-state index is -0.421. The molecule has 156 valence electrons. The first kappa shape index (κ1) is 20.5.